The first-order valence-electron chi connectivity index (χ1n) is 10.4. The molecule has 0 aliphatic heterocycles. The van der Waals surface area contributed by atoms with Gasteiger partial charge in [0, 0.05) is 17.6 Å². The number of rotatable bonds is 7. The number of hydrogen-bond acceptors (Lipinski definition) is 4. The summed E-state index contributed by atoms with van der Waals surface area (Å²) in [5, 5.41) is 9.38. The van der Waals surface area contributed by atoms with Crippen LogP contribution in [0.5, 0.6) is 0 Å². The van der Waals surface area contributed by atoms with Crippen LogP contribution in [0.1, 0.15) is 33.3 Å². The maximum atomic E-state index is 14.3. The van der Waals surface area contributed by atoms with E-state index in [2.05, 4.69) is 10.2 Å². The predicted octanol–water partition coefficient (Wildman–Crippen LogP) is 4.61. The van der Waals surface area contributed by atoms with E-state index in [9.17, 15) is 9.18 Å². The molecule has 0 bridgehead atoms. The van der Waals surface area contributed by atoms with E-state index >= 15 is 0 Å². The average Bonchev–Trinajstić information content (AvgIpc) is 3.27. The normalized spacial score (nSPS) is 11.8. The van der Waals surface area contributed by atoms with Gasteiger partial charge < -0.3 is 9.47 Å². The van der Waals surface area contributed by atoms with E-state index in [0.29, 0.717) is 23.0 Å². The Balaban J connectivity index is 1.70. The molecule has 0 unspecified atom stereocenters. The minimum Gasteiger partial charge on any atom is -0.337 e. The summed E-state index contributed by atoms with van der Waals surface area (Å²) < 4.78 is 18.2. The van der Waals surface area contributed by atoms with Crippen LogP contribution in [-0.4, -0.2) is 47.8 Å². The topological polar surface area (TPSA) is 55.4 Å². The number of thioether (sulfide) groups is 1. The minimum atomic E-state index is -0.249. The summed E-state index contributed by atoms with van der Waals surface area (Å²) in [6, 6.07) is 14.9. The molecule has 0 saturated heterocycles. The number of hydrogen-bond donors (Lipinski definition) is 0. The number of fused-ring (bicyclic) bond motifs is 3. The van der Waals surface area contributed by atoms with Crippen LogP contribution in [0.2, 0.25) is 0 Å². The van der Waals surface area contributed by atoms with Gasteiger partial charge in [0.15, 0.2) is 5.16 Å². The molecule has 6 nitrogen and oxygen atoms in total. The van der Waals surface area contributed by atoms with Crippen LogP contribution in [0, 0.1) is 5.82 Å². The Morgan fingerprint density at radius 3 is 2.32 bits per heavy atom. The lowest BCUT2D eigenvalue weighted by atomic mass is 10.2. The van der Waals surface area contributed by atoms with Gasteiger partial charge >= 0.3 is 0 Å². The first-order valence-corrected chi connectivity index (χ1v) is 11.4. The molecular formula is C23H26FN5OS. The smallest absolute Gasteiger partial charge is 0.237 e. The van der Waals surface area contributed by atoms with Gasteiger partial charge in [0.25, 0.3) is 0 Å². The third-order valence-electron chi connectivity index (χ3n) is 5.28. The monoisotopic (exact) mass is 439 g/mol. The van der Waals surface area contributed by atoms with E-state index in [4.69, 9.17) is 0 Å². The highest BCUT2D eigenvalue weighted by atomic mass is 32.2. The summed E-state index contributed by atoms with van der Waals surface area (Å²) in [5.74, 6) is 0.732. The maximum absolute atomic E-state index is 14.3. The highest BCUT2D eigenvalue weighted by molar-refractivity contribution is 7.99. The summed E-state index contributed by atoms with van der Waals surface area (Å²) >= 11 is 1.38. The Labute approximate surface area is 185 Å². The zero-order chi connectivity index (χ0) is 22.1. The van der Waals surface area contributed by atoms with Crippen molar-refractivity contribution in [2.75, 3.05) is 5.75 Å². The zero-order valence-corrected chi connectivity index (χ0v) is 18.9. The molecule has 0 saturated carbocycles. The first kappa shape index (κ1) is 21.4. The van der Waals surface area contributed by atoms with E-state index in [0.717, 1.165) is 11.0 Å². The fourth-order valence-electron chi connectivity index (χ4n) is 4.06. The highest BCUT2D eigenvalue weighted by Gasteiger charge is 2.23. The molecule has 2 aromatic carbocycles. The number of benzene rings is 2. The number of para-hydroxylation sites is 2. The van der Waals surface area contributed by atoms with Crippen molar-refractivity contribution in [1.82, 2.24) is 24.1 Å². The van der Waals surface area contributed by atoms with Crippen LogP contribution in [0.3, 0.4) is 0 Å². The number of aromatic nitrogens is 4. The van der Waals surface area contributed by atoms with Crippen molar-refractivity contribution in [1.29, 1.82) is 0 Å². The molecule has 0 aliphatic carbocycles. The fraction of sp³-hybridized carbons (Fsp3) is 0.348. The van der Waals surface area contributed by atoms with E-state index in [1.54, 1.807) is 12.1 Å². The number of nitrogens with zero attached hydrogens (tertiary/aromatic N) is 5. The third-order valence-corrected chi connectivity index (χ3v) is 6.20. The number of carbonyl (C=O) groups excluding carboxylic acids is 1. The molecule has 1 amide bonds. The average molecular weight is 440 g/mol. The Morgan fingerprint density at radius 2 is 1.65 bits per heavy atom. The van der Waals surface area contributed by atoms with Crippen molar-refractivity contribution >= 4 is 34.5 Å². The zero-order valence-electron chi connectivity index (χ0n) is 18.1. The number of amides is 1. The van der Waals surface area contributed by atoms with E-state index in [1.165, 1.54) is 17.8 Å². The summed E-state index contributed by atoms with van der Waals surface area (Å²) in [4.78, 5) is 14.7. The van der Waals surface area contributed by atoms with Gasteiger partial charge in [-0.15, -0.1) is 10.2 Å². The van der Waals surface area contributed by atoms with Crippen molar-refractivity contribution in [3.05, 3.63) is 59.9 Å². The third kappa shape index (κ3) is 4.04. The van der Waals surface area contributed by atoms with Gasteiger partial charge in [0.1, 0.15) is 5.82 Å². The molecular weight excluding hydrogens is 413 g/mol. The molecule has 4 rings (SSSR count). The van der Waals surface area contributed by atoms with Gasteiger partial charge in [-0.2, -0.15) is 0 Å². The second-order valence-electron chi connectivity index (χ2n) is 8.06. The molecule has 0 atom stereocenters. The van der Waals surface area contributed by atoms with Crippen molar-refractivity contribution in [3.63, 3.8) is 0 Å². The lowest BCUT2D eigenvalue weighted by Gasteiger charge is -2.30. The van der Waals surface area contributed by atoms with Gasteiger partial charge in [-0.3, -0.25) is 9.20 Å². The van der Waals surface area contributed by atoms with Crippen LogP contribution in [0.4, 0.5) is 4.39 Å². The van der Waals surface area contributed by atoms with E-state index in [-0.39, 0.29) is 29.6 Å². The lowest BCUT2D eigenvalue weighted by Crippen LogP contribution is -2.43. The molecule has 0 N–H and O–H groups in total. The van der Waals surface area contributed by atoms with Crippen LogP contribution in [0.25, 0.3) is 16.8 Å². The molecule has 2 heterocycles. The summed E-state index contributed by atoms with van der Waals surface area (Å²) in [6.45, 7) is 8.44. The molecule has 2 aromatic heterocycles. The van der Waals surface area contributed by atoms with Crippen LogP contribution in [-0.2, 0) is 11.3 Å². The fourth-order valence-corrected chi connectivity index (χ4v) is 4.87. The van der Waals surface area contributed by atoms with Gasteiger partial charge in [-0.25, -0.2) is 4.39 Å². The Bertz CT molecular complexity index is 1220. The maximum Gasteiger partial charge on any atom is 0.237 e. The summed E-state index contributed by atoms with van der Waals surface area (Å²) in [6.07, 6.45) is 0. The second kappa shape index (κ2) is 8.70. The molecule has 162 valence electrons. The van der Waals surface area contributed by atoms with Crippen molar-refractivity contribution in [2.24, 2.45) is 0 Å². The molecule has 0 fully saturated rings. The van der Waals surface area contributed by atoms with E-state index in [1.807, 2.05) is 71.9 Å². The van der Waals surface area contributed by atoms with Gasteiger partial charge in [-0.05, 0) is 45.9 Å². The quantitative estimate of drug-likeness (QED) is 0.395. The largest absolute Gasteiger partial charge is 0.337 e. The lowest BCUT2D eigenvalue weighted by molar-refractivity contribution is -0.131. The number of halogens is 1. The first-order chi connectivity index (χ1) is 14.9. The minimum absolute atomic E-state index is 0.0712. The molecule has 31 heavy (non-hydrogen) atoms. The molecule has 4 aromatic rings. The van der Waals surface area contributed by atoms with Gasteiger partial charge in [-0.1, -0.05) is 42.1 Å². The standard InChI is InChI=1S/C23H26FN5OS/c1-15(2)28(16(3)4)21(30)14-31-23-26-25-22-27(13-17-9-5-6-10-18(17)24)19-11-7-8-12-20(19)29(22)23/h5-12,15-16H,13-14H2,1-4H3. The molecule has 0 spiro atoms. The SMILES string of the molecule is CC(C)N(C(=O)CSc1nnc2n(Cc3ccccc3F)c3ccccc3n12)C(C)C. The van der Waals surface area contributed by atoms with Crippen molar-refractivity contribution in [2.45, 2.75) is 51.5 Å². The molecule has 8 heteroatoms. The second-order valence-corrected chi connectivity index (χ2v) is 9.00. The van der Waals surface area contributed by atoms with Crippen LogP contribution in [0.15, 0.2) is 53.7 Å². The predicted molar refractivity (Wildman–Crippen MR) is 122 cm³/mol. The van der Waals surface area contributed by atoms with Crippen molar-refractivity contribution < 1.29 is 9.18 Å². The Morgan fingerprint density at radius 1 is 1.00 bits per heavy atom. The van der Waals surface area contributed by atoms with Gasteiger partial charge in [0.2, 0.25) is 11.7 Å². The number of carbonyl (C=O) groups is 1. The van der Waals surface area contributed by atoms with Crippen molar-refractivity contribution in [3.8, 4) is 0 Å². The highest BCUT2D eigenvalue weighted by Crippen LogP contribution is 2.27. The Hall–Kier alpha value is -2.87. The summed E-state index contributed by atoms with van der Waals surface area (Å²) in [5.41, 5.74) is 2.45. The molecule has 0 aliphatic rings. The van der Waals surface area contributed by atoms with Gasteiger partial charge in [0.05, 0.1) is 23.3 Å². The van der Waals surface area contributed by atoms with E-state index < -0.39 is 0 Å². The summed E-state index contributed by atoms with van der Waals surface area (Å²) in [7, 11) is 0. The number of imidazole rings is 1. The van der Waals surface area contributed by atoms with Crippen LogP contribution < -0.4 is 0 Å². The Kier molecular flexibility index (Phi) is 6.00. The molecule has 0 radical (unpaired) electrons. The van der Waals surface area contributed by atoms with Crippen LogP contribution >= 0.6 is 11.8 Å².